The van der Waals surface area contributed by atoms with Crippen molar-refractivity contribution in [2.75, 3.05) is 35.7 Å². The highest BCUT2D eigenvalue weighted by atomic mass is 28.5. The third-order valence-electron chi connectivity index (χ3n) is 7.99. The summed E-state index contributed by atoms with van der Waals surface area (Å²) in [7, 11) is -6.01. The standard InChI is InChI=1S/C39H64N6O6Si3/c1-10-12-14-16-28-48-35(46)31-19-23-33(24-20-31)41-38-43-37(40-27-18-30-54(9,50-52(3,4)5)51-53(6,7)8)44-39(45-38)42-34-25-21-32(22-26-34)36(47)49-29-17-15-13-11-2/h19-26H,10-18,27-30H2,1-9H3,(H3,40,41,42,43,44,45). The first kappa shape index (κ1) is 44.8. The monoisotopic (exact) mass is 796 g/mol. The number of anilines is 5. The van der Waals surface area contributed by atoms with Crippen LogP contribution in [0.5, 0.6) is 0 Å². The summed E-state index contributed by atoms with van der Waals surface area (Å²) < 4.78 is 24.2. The van der Waals surface area contributed by atoms with E-state index in [0.717, 1.165) is 63.8 Å². The molecule has 0 bridgehead atoms. The Morgan fingerprint density at radius 1 is 0.556 bits per heavy atom. The third kappa shape index (κ3) is 17.7. The predicted molar refractivity (Wildman–Crippen MR) is 227 cm³/mol. The summed E-state index contributed by atoms with van der Waals surface area (Å²) in [5.74, 6) is 0.335. The maximum atomic E-state index is 12.5. The van der Waals surface area contributed by atoms with Crippen LogP contribution in [-0.2, 0) is 17.7 Å². The number of rotatable bonds is 25. The van der Waals surface area contributed by atoms with E-state index in [9.17, 15) is 9.59 Å². The van der Waals surface area contributed by atoms with Crippen LogP contribution in [0.1, 0.15) is 92.4 Å². The fourth-order valence-corrected chi connectivity index (χ4v) is 18.3. The van der Waals surface area contributed by atoms with Gasteiger partial charge < -0.3 is 33.7 Å². The van der Waals surface area contributed by atoms with E-state index in [4.69, 9.17) is 17.7 Å². The summed E-state index contributed by atoms with van der Waals surface area (Å²) in [6.45, 7) is 21.2. The molecule has 3 aromatic rings. The van der Waals surface area contributed by atoms with Crippen molar-refractivity contribution in [2.24, 2.45) is 0 Å². The summed E-state index contributed by atoms with van der Waals surface area (Å²) in [5.41, 5.74) is 2.35. The molecule has 0 atom stereocenters. The van der Waals surface area contributed by atoms with Crippen molar-refractivity contribution in [3.63, 3.8) is 0 Å². The molecule has 0 aliphatic heterocycles. The van der Waals surface area contributed by atoms with Crippen molar-refractivity contribution in [3.8, 4) is 0 Å². The molecule has 1 aromatic heterocycles. The summed E-state index contributed by atoms with van der Waals surface area (Å²) in [4.78, 5) is 39.0. The Labute approximate surface area is 326 Å². The van der Waals surface area contributed by atoms with E-state index in [0.29, 0.717) is 60.1 Å². The molecule has 298 valence electrons. The maximum Gasteiger partial charge on any atom is 0.338 e. The van der Waals surface area contributed by atoms with Gasteiger partial charge in [0, 0.05) is 17.9 Å². The van der Waals surface area contributed by atoms with Crippen LogP contribution in [0.3, 0.4) is 0 Å². The molecule has 0 spiro atoms. The summed E-state index contributed by atoms with van der Waals surface area (Å²) >= 11 is 0. The molecule has 0 fully saturated rings. The van der Waals surface area contributed by atoms with Crippen molar-refractivity contribution in [1.82, 2.24) is 15.0 Å². The molecule has 12 nitrogen and oxygen atoms in total. The zero-order valence-corrected chi connectivity index (χ0v) is 37.1. The summed E-state index contributed by atoms with van der Waals surface area (Å²) in [6.07, 6.45) is 9.17. The zero-order chi connectivity index (χ0) is 39.6. The smallest absolute Gasteiger partial charge is 0.338 e. The minimum Gasteiger partial charge on any atom is -0.462 e. The fourth-order valence-electron chi connectivity index (χ4n) is 5.79. The van der Waals surface area contributed by atoms with Gasteiger partial charge in [0.2, 0.25) is 17.8 Å². The average Bonchev–Trinajstić information content (AvgIpc) is 3.09. The van der Waals surface area contributed by atoms with Gasteiger partial charge in [0.15, 0.2) is 16.6 Å². The molecule has 0 radical (unpaired) electrons. The fraction of sp³-hybridized carbons (Fsp3) is 0.564. The third-order valence-corrected chi connectivity index (χ3v) is 17.6. The topological polar surface area (TPSA) is 146 Å². The van der Waals surface area contributed by atoms with Crippen LogP contribution in [0.2, 0.25) is 51.9 Å². The Morgan fingerprint density at radius 3 is 1.35 bits per heavy atom. The SMILES string of the molecule is CCCCCCOC(=O)c1ccc(Nc2nc(NCCC[Si](C)(O[Si](C)(C)C)O[Si](C)(C)C)nc(Nc3ccc(C(=O)OCCCCCC)cc3)n2)cc1. The molecule has 3 rings (SSSR count). The van der Waals surface area contributed by atoms with Crippen LogP contribution in [0.4, 0.5) is 29.2 Å². The number of unbranched alkanes of at least 4 members (excludes halogenated alkanes) is 6. The predicted octanol–water partition coefficient (Wildman–Crippen LogP) is 10.4. The van der Waals surface area contributed by atoms with Gasteiger partial charge in [-0.05, 0) is 120 Å². The number of ether oxygens (including phenoxy) is 2. The number of nitrogens with zero attached hydrogens (tertiary/aromatic N) is 3. The highest BCUT2D eigenvalue weighted by Crippen LogP contribution is 2.26. The van der Waals surface area contributed by atoms with E-state index in [1.54, 1.807) is 48.5 Å². The van der Waals surface area contributed by atoms with Gasteiger partial charge in [-0.15, -0.1) is 0 Å². The van der Waals surface area contributed by atoms with Gasteiger partial charge >= 0.3 is 20.5 Å². The van der Waals surface area contributed by atoms with Gasteiger partial charge in [0.25, 0.3) is 0 Å². The second-order valence-corrected chi connectivity index (χ2v) is 28.5. The molecule has 0 saturated heterocycles. The lowest BCUT2D eigenvalue weighted by Crippen LogP contribution is -2.52. The summed E-state index contributed by atoms with van der Waals surface area (Å²) in [5, 5.41) is 9.87. The number of hydrogen-bond acceptors (Lipinski definition) is 12. The van der Waals surface area contributed by atoms with Gasteiger partial charge in [-0.25, -0.2) is 9.59 Å². The van der Waals surface area contributed by atoms with E-state index < -0.39 is 25.2 Å². The van der Waals surface area contributed by atoms with Crippen LogP contribution >= 0.6 is 0 Å². The first-order valence-electron chi connectivity index (χ1n) is 19.6. The van der Waals surface area contributed by atoms with Crippen LogP contribution in [0.15, 0.2) is 48.5 Å². The molecular weight excluding hydrogens is 733 g/mol. The highest BCUT2D eigenvalue weighted by Gasteiger charge is 2.39. The minimum absolute atomic E-state index is 0.313. The van der Waals surface area contributed by atoms with Crippen molar-refractivity contribution >= 4 is 66.4 Å². The zero-order valence-electron chi connectivity index (χ0n) is 34.1. The molecule has 0 amide bonds. The number of esters is 2. The molecule has 3 N–H and O–H groups in total. The average molecular weight is 797 g/mol. The summed E-state index contributed by atoms with van der Waals surface area (Å²) in [6, 6.07) is 14.9. The van der Waals surface area contributed by atoms with Crippen LogP contribution in [-0.4, -0.2) is 71.8 Å². The Balaban J connectivity index is 1.74. The lowest BCUT2D eigenvalue weighted by molar-refractivity contribution is 0.0488. The molecule has 0 saturated carbocycles. The first-order valence-corrected chi connectivity index (χ1v) is 28.9. The first-order chi connectivity index (χ1) is 25.6. The molecule has 0 unspecified atom stereocenters. The number of nitrogens with one attached hydrogen (secondary N) is 3. The van der Waals surface area contributed by atoms with E-state index in [1.807, 2.05) is 0 Å². The molecule has 0 aliphatic carbocycles. The van der Waals surface area contributed by atoms with E-state index in [-0.39, 0.29) is 11.9 Å². The molecular formula is C39H64N6O6Si3. The largest absolute Gasteiger partial charge is 0.462 e. The van der Waals surface area contributed by atoms with Gasteiger partial charge in [-0.2, -0.15) is 15.0 Å². The molecule has 54 heavy (non-hydrogen) atoms. The van der Waals surface area contributed by atoms with E-state index in [2.05, 4.69) is 90.6 Å². The Kier molecular flexibility index (Phi) is 18.3. The van der Waals surface area contributed by atoms with E-state index >= 15 is 0 Å². The second kappa shape index (κ2) is 22.0. The highest BCUT2D eigenvalue weighted by molar-refractivity contribution is 6.87. The van der Waals surface area contributed by atoms with Crippen LogP contribution in [0.25, 0.3) is 0 Å². The molecule has 15 heteroatoms. The van der Waals surface area contributed by atoms with Gasteiger partial charge in [-0.1, -0.05) is 52.4 Å². The van der Waals surface area contributed by atoms with Crippen molar-refractivity contribution in [1.29, 1.82) is 0 Å². The second-order valence-electron chi connectivity index (χ2n) is 15.7. The lowest BCUT2D eigenvalue weighted by atomic mass is 10.2. The molecule has 1 heterocycles. The Hall–Kier alpha value is -3.64. The maximum absolute atomic E-state index is 12.5. The van der Waals surface area contributed by atoms with Crippen LogP contribution in [0, 0.1) is 0 Å². The van der Waals surface area contributed by atoms with Crippen LogP contribution < -0.4 is 16.0 Å². The van der Waals surface area contributed by atoms with Crippen molar-refractivity contribution in [3.05, 3.63) is 59.7 Å². The van der Waals surface area contributed by atoms with Gasteiger partial charge in [0.1, 0.15) is 0 Å². The lowest BCUT2D eigenvalue weighted by Gasteiger charge is -2.38. The number of benzene rings is 2. The number of hydrogen-bond donors (Lipinski definition) is 3. The number of carbonyl (C=O) groups is 2. The number of carbonyl (C=O) groups excluding carboxylic acids is 2. The molecule has 2 aromatic carbocycles. The van der Waals surface area contributed by atoms with E-state index in [1.165, 1.54) is 0 Å². The van der Waals surface area contributed by atoms with Gasteiger partial charge in [-0.3, -0.25) is 0 Å². The van der Waals surface area contributed by atoms with Crippen molar-refractivity contribution < 1.29 is 27.3 Å². The Bertz CT molecular complexity index is 1480. The van der Waals surface area contributed by atoms with Gasteiger partial charge in [0.05, 0.1) is 24.3 Å². The Morgan fingerprint density at radius 2 is 0.963 bits per heavy atom. The number of aromatic nitrogens is 3. The normalized spacial score (nSPS) is 11.9. The quantitative estimate of drug-likeness (QED) is 0.0426. The molecule has 0 aliphatic rings. The minimum atomic E-state index is -2.39. The van der Waals surface area contributed by atoms with Crippen molar-refractivity contribution in [2.45, 2.75) is 124 Å².